The van der Waals surface area contributed by atoms with E-state index in [1.807, 2.05) is 0 Å². The average molecular weight is 315 g/mol. The summed E-state index contributed by atoms with van der Waals surface area (Å²) in [4.78, 5) is 3.55. The molecule has 0 fully saturated rings. The van der Waals surface area contributed by atoms with E-state index in [9.17, 15) is 12.8 Å². The van der Waals surface area contributed by atoms with Crippen molar-refractivity contribution < 1.29 is 12.8 Å². The van der Waals surface area contributed by atoms with Gasteiger partial charge in [-0.25, -0.2) is 9.37 Å². The molecule has 0 radical (unpaired) electrons. The van der Waals surface area contributed by atoms with Gasteiger partial charge in [0.15, 0.2) is 5.82 Å². The molecular weight excluding hydrogens is 303 g/mol. The second kappa shape index (κ2) is 6.19. The van der Waals surface area contributed by atoms with Crippen LogP contribution in [0.1, 0.15) is 5.56 Å². The number of alkyl halides is 1. The first-order chi connectivity index (χ1) is 9.53. The average Bonchev–Trinajstić information content (AvgIpc) is 2.41. The molecule has 1 heterocycles. The summed E-state index contributed by atoms with van der Waals surface area (Å²) in [5.41, 5.74) is 1.33. The van der Waals surface area contributed by atoms with Gasteiger partial charge in [0.2, 0.25) is 5.03 Å². The van der Waals surface area contributed by atoms with Gasteiger partial charge in [-0.3, -0.25) is 4.72 Å². The van der Waals surface area contributed by atoms with Crippen molar-refractivity contribution in [1.82, 2.24) is 4.98 Å². The number of aromatic nitrogens is 1. The van der Waals surface area contributed by atoms with Crippen molar-refractivity contribution >= 4 is 27.3 Å². The van der Waals surface area contributed by atoms with E-state index in [1.54, 1.807) is 24.3 Å². The third kappa shape index (κ3) is 3.46. The first-order valence-electron chi connectivity index (χ1n) is 5.81. The molecule has 7 heteroatoms. The van der Waals surface area contributed by atoms with Gasteiger partial charge in [0.05, 0.1) is 0 Å². The van der Waals surface area contributed by atoms with Gasteiger partial charge in [-0.15, -0.1) is 11.6 Å². The standard InChI is InChI=1S/C13H12ClFN2O2S/c14-8-7-10-3-5-11(6-4-10)17-20(18,19)13-12(15)2-1-9-16-13/h1-6,9,17H,7-8H2. The molecule has 0 aliphatic carbocycles. The normalized spacial score (nSPS) is 11.3. The summed E-state index contributed by atoms with van der Waals surface area (Å²) in [7, 11) is -4.03. The van der Waals surface area contributed by atoms with Crippen molar-refractivity contribution in [3.63, 3.8) is 0 Å². The maximum absolute atomic E-state index is 13.5. The van der Waals surface area contributed by atoms with E-state index in [0.717, 1.165) is 11.6 Å². The Kier molecular flexibility index (Phi) is 4.57. The van der Waals surface area contributed by atoms with Crippen molar-refractivity contribution in [2.45, 2.75) is 11.4 Å². The molecule has 0 aliphatic heterocycles. The van der Waals surface area contributed by atoms with Crippen molar-refractivity contribution in [1.29, 1.82) is 0 Å². The van der Waals surface area contributed by atoms with E-state index in [4.69, 9.17) is 11.6 Å². The Balaban J connectivity index is 2.22. The van der Waals surface area contributed by atoms with Crippen LogP contribution in [0.5, 0.6) is 0 Å². The summed E-state index contributed by atoms with van der Waals surface area (Å²) in [6, 6.07) is 9.09. The zero-order valence-electron chi connectivity index (χ0n) is 10.4. The zero-order valence-corrected chi connectivity index (χ0v) is 12.0. The molecule has 20 heavy (non-hydrogen) atoms. The Labute approximate surface area is 121 Å². The van der Waals surface area contributed by atoms with E-state index >= 15 is 0 Å². The van der Waals surface area contributed by atoms with Crippen LogP contribution in [-0.4, -0.2) is 19.3 Å². The number of rotatable bonds is 5. The molecule has 1 aromatic carbocycles. The van der Waals surface area contributed by atoms with E-state index < -0.39 is 20.9 Å². The van der Waals surface area contributed by atoms with Crippen molar-refractivity contribution in [3.8, 4) is 0 Å². The van der Waals surface area contributed by atoms with Crippen molar-refractivity contribution in [2.75, 3.05) is 10.6 Å². The molecule has 2 aromatic rings. The minimum Gasteiger partial charge on any atom is -0.278 e. The number of anilines is 1. The Morgan fingerprint density at radius 1 is 1.20 bits per heavy atom. The maximum atomic E-state index is 13.5. The van der Waals surface area contributed by atoms with Gasteiger partial charge in [0, 0.05) is 17.8 Å². The van der Waals surface area contributed by atoms with Crippen LogP contribution in [0.15, 0.2) is 47.6 Å². The topological polar surface area (TPSA) is 59.1 Å². The number of nitrogens with zero attached hydrogens (tertiary/aromatic N) is 1. The largest absolute Gasteiger partial charge is 0.282 e. The lowest BCUT2D eigenvalue weighted by Gasteiger charge is -2.08. The molecule has 1 aromatic heterocycles. The second-order valence-corrected chi connectivity index (χ2v) is 6.01. The maximum Gasteiger partial charge on any atom is 0.282 e. The Bertz CT molecular complexity index is 690. The van der Waals surface area contributed by atoms with E-state index in [0.29, 0.717) is 18.0 Å². The van der Waals surface area contributed by atoms with Gasteiger partial charge < -0.3 is 0 Å². The van der Waals surface area contributed by atoms with Crippen LogP contribution in [0.4, 0.5) is 10.1 Å². The highest BCUT2D eigenvalue weighted by molar-refractivity contribution is 7.92. The molecule has 0 atom stereocenters. The Morgan fingerprint density at radius 3 is 2.50 bits per heavy atom. The minimum atomic E-state index is -4.03. The molecule has 0 aliphatic rings. The molecular formula is C13H12ClFN2O2S. The molecule has 0 amide bonds. The fraction of sp³-hybridized carbons (Fsp3) is 0.154. The zero-order chi connectivity index (χ0) is 14.6. The van der Waals surface area contributed by atoms with Gasteiger partial charge in [0.25, 0.3) is 10.0 Å². The number of sulfonamides is 1. The molecule has 106 valence electrons. The summed E-state index contributed by atoms with van der Waals surface area (Å²) in [5.74, 6) is -0.400. The number of benzene rings is 1. The third-order valence-corrected chi connectivity index (χ3v) is 4.07. The fourth-order valence-electron chi connectivity index (χ4n) is 1.62. The highest BCUT2D eigenvalue weighted by Crippen LogP contribution is 2.17. The first kappa shape index (κ1) is 14.7. The summed E-state index contributed by atoms with van der Waals surface area (Å²) in [5, 5.41) is -0.621. The lowest BCUT2D eigenvalue weighted by Crippen LogP contribution is -2.16. The van der Waals surface area contributed by atoms with E-state index in [1.165, 1.54) is 12.3 Å². The summed E-state index contributed by atoms with van der Waals surface area (Å²) >= 11 is 5.62. The highest BCUT2D eigenvalue weighted by atomic mass is 35.5. The SMILES string of the molecule is O=S(=O)(Nc1ccc(CCCl)cc1)c1ncccc1F. The second-order valence-electron chi connectivity index (χ2n) is 4.03. The van der Waals surface area contributed by atoms with Crippen LogP contribution in [-0.2, 0) is 16.4 Å². The van der Waals surface area contributed by atoms with Gasteiger partial charge in [-0.1, -0.05) is 12.1 Å². The number of nitrogens with one attached hydrogen (secondary N) is 1. The molecule has 0 saturated carbocycles. The van der Waals surface area contributed by atoms with Crippen LogP contribution in [0.2, 0.25) is 0 Å². The fourth-order valence-corrected chi connectivity index (χ4v) is 2.91. The van der Waals surface area contributed by atoms with Crippen molar-refractivity contribution in [3.05, 3.63) is 54.0 Å². The van der Waals surface area contributed by atoms with Crippen LogP contribution >= 0.6 is 11.6 Å². The van der Waals surface area contributed by atoms with Gasteiger partial charge in [-0.05, 0) is 36.2 Å². The van der Waals surface area contributed by atoms with Gasteiger partial charge in [-0.2, -0.15) is 8.42 Å². The van der Waals surface area contributed by atoms with Crippen LogP contribution in [0, 0.1) is 5.82 Å². The molecule has 0 saturated heterocycles. The molecule has 1 N–H and O–H groups in total. The summed E-state index contributed by atoms with van der Waals surface area (Å²) in [6.07, 6.45) is 1.92. The van der Waals surface area contributed by atoms with Crippen molar-refractivity contribution in [2.24, 2.45) is 0 Å². The Hall–Kier alpha value is -1.66. The predicted molar refractivity (Wildman–Crippen MR) is 75.9 cm³/mol. The smallest absolute Gasteiger partial charge is 0.278 e. The third-order valence-electron chi connectivity index (χ3n) is 2.57. The number of halogens is 2. The molecule has 0 unspecified atom stereocenters. The lowest BCUT2D eigenvalue weighted by molar-refractivity contribution is 0.557. The van der Waals surface area contributed by atoms with E-state index in [-0.39, 0.29) is 0 Å². The van der Waals surface area contributed by atoms with Crippen LogP contribution in [0.25, 0.3) is 0 Å². The quantitative estimate of drug-likeness (QED) is 0.863. The first-order valence-corrected chi connectivity index (χ1v) is 7.83. The number of pyridine rings is 1. The molecule has 0 spiro atoms. The number of aryl methyl sites for hydroxylation is 1. The number of hydrogen-bond donors (Lipinski definition) is 1. The van der Waals surface area contributed by atoms with Gasteiger partial charge >= 0.3 is 0 Å². The monoisotopic (exact) mass is 314 g/mol. The number of hydrogen-bond acceptors (Lipinski definition) is 3. The van der Waals surface area contributed by atoms with E-state index in [2.05, 4.69) is 9.71 Å². The predicted octanol–water partition coefficient (Wildman–Crippen LogP) is 2.80. The summed E-state index contributed by atoms with van der Waals surface area (Å²) < 4.78 is 39.7. The van der Waals surface area contributed by atoms with Crippen LogP contribution < -0.4 is 4.72 Å². The lowest BCUT2D eigenvalue weighted by atomic mass is 10.2. The summed E-state index contributed by atoms with van der Waals surface area (Å²) in [6.45, 7) is 0. The van der Waals surface area contributed by atoms with Crippen LogP contribution in [0.3, 0.4) is 0 Å². The molecule has 0 bridgehead atoms. The highest BCUT2D eigenvalue weighted by Gasteiger charge is 2.20. The molecule has 2 rings (SSSR count). The molecule has 4 nitrogen and oxygen atoms in total. The van der Waals surface area contributed by atoms with Gasteiger partial charge in [0.1, 0.15) is 0 Å². The Morgan fingerprint density at radius 2 is 1.90 bits per heavy atom. The minimum absolute atomic E-state index is 0.341.